The molecule has 36 heavy (non-hydrogen) atoms. The summed E-state index contributed by atoms with van der Waals surface area (Å²) in [4.78, 5) is 19.8. The Morgan fingerprint density at radius 1 is 0.972 bits per heavy atom. The zero-order chi connectivity index (χ0) is 24.2. The van der Waals surface area contributed by atoms with E-state index in [0.29, 0.717) is 17.7 Å². The fourth-order valence-corrected chi connectivity index (χ4v) is 5.97. The lowest BCUT2D eigenvalue weighted by Gasteiger charge is -2.18. The monoisotopic (exact) mass is 476 g/mol. The molecule has 1 atom stereocenters. The second-order valence-corrected chi connectivity index (χ2v) is 10.9. The normalized spacial score (nSPS) is 19.0. The molecule has 3 aliphatic rings. The van der Waals surface area contributed by atoms with Gasteiger partial charge in [0.25, 0.3) is 0 Å². The predicted molar refractivity (Wildman–Crippen MR) is 145 cm³/mol. The minimum atomic E-state index is 0.303. The minimum Gasteiger partial charge on any atom is -0.384 e. The zero-order valence-corrected chi connectivity index (χ0v) is 20.8. The summed E-state index contributed by atoms with van der Waals surface area (Å²) < 4.78 is 2.39. The van der Waals surface area contributed by atoms with Gasteiger partial charge in [0, 0.05) is 43.3 Å². The van der Waals surface area contributed by atoms with Gasteiger partial charge in [-0.1, -0.05) is 36.4 Å². The van der Waals surface area contributed by atoms with Crippen LogP contribution in [0.3, 0.4) is 0 Å². The van der Waals surface area contributed by atoms with Crippen molar-refractivity contribution < 1.29 is 4.79 Å². The molecule has 3 heterocycles. The van der Waals surface area contributed by atoms with Crippen molar-refractivity contribution in [3.63, 3.8) is 0 Å². The lowest BCUT2D eigenvalue weighted by Crippen LogP contribution is -2.30. The van der Waals surface area contributed by atoms with Crippen molar-refractivity contribution in [2.75, 3.05) is 25.0 Å². The number of likely N-dealkylation sites (tertiary alicyclic amines) is 1. The number of hydrogen-bond acceptors (Lipinski definition) is 3. The van der Waals surface area contributed by atoms with Gasteiger partial charge in [-0.2, -0.15) is 0 Å². The molecule has 1 saturated carbocycles. The second-order valence-electron chi connectivity index (χ2n) is 10.9. The van der Waals surface area contributed by atoms with Gasteiger partial charge in [0.05, 0.1) is 11.0 Å². The summed E-state index contributed by atoms with van der Waals surface area (Å²) in [7, 11) is 0. The van der Waals surface area contributed by atoms with E-state index in [2.05, 4.69) is 82.4 Å². The van der Waals surface area contributed by atoms with E-state index < -0.39 is 0 Å². The Labute approximate surface area is 212 Å². The van der Waals surface area contributed by atoms with Crippen molar-refractivity contribution in [1.82, 2.24) is 14.5 Å². The molecule has 5 nitrogen and oxygen atoms in total. The Balaban J connectivity index is 1.20. The van der Waals surface area contributed by atoms with Crippen LogP contribution in [0.5, 0.6) is 0 Å². The van der Waals surface area contributed by atoms with Crippen molar-refractivity contribution in [3.8, 4) is 22.5 Å². The second kappa shape index (κ2) is 8.51. The number of imidazole rings is 1. The van der Waals surface area contributed by atoms with Crippen LogP contribution in [0.2, 0.25) is 0 Å². The van der Waals surface area contributed by atoms with Gasteiger partial charge in [-0.3, -0.25) is 4.79 Å². The lowest BCUT2D eigenvalue weighted by molar-refractivity contribution is -0.131. The Hall–Kier alpha value is -3.60. The van der Waals surface area contributed by atoms with Gasteiger partial charge in [0.1, 0.15) is 5.82 Å². The molecule has 182 valence electrons. The molecule has 0 bridgehead atoms. The highest BCUT2D eigenvalue weighted by Gasteiger charge is 2.36. The van der Waals surface area contributed by atoms with Gasteiger partial charge in [-0.05, 0) is 85.0 Å². The van der Waals surface area contributed by atoms with Crippen LogP contribution >= 0.6 is 0 Å². The summed E-state index contributed by atoms with van der Waals surface area (Å²) in [5.74, 6) is 2.16. The number of aromatic nitrogens is 2. The van der Waals surface area contributed by atoms with Crippen LogP contribution in [0, 0.1) is 18.8 Å². The summed E-state index contributed by atoms with van der Waals surface area (Å²) in [6.45, 7) is 5.81. The van der Waals surface area contributed by atoms with Crippen molar-refractivity contribution >= 4 is 22.6 Å². The summed E-state index contributed by atoms with van der Waals surface area (Å²) >= 11 is 0. The lowest BCUT2D eigenvalue weighted by atomic mass is 10.0. The topological polar surface area (TPSA) is 50.2 Å². The molecule has 1 N–H and O–H groups in total. The van der Waals surface area contributed by atoms with Gasteiger partial charge in [0.2, 0.25) is 5.91 Å². The van der Waals surface area contributed by atoms with E-state index in [1.54, 1.807) is 0 Å². The van der Waals surface area contributed by atoms with E-state index in [0.717, 1.165) is 68.8 Å². The van der Waals surface area contributed by atoms with Gasteiger partial charge in [0.15, 0.2) is 0 Å². The first-order chi connectivity index (χ1) is 17.6. The van der Waals surface area contributed by atoms with E-state index in [1.807, 2.05) is 0 Å². The Bertz CT molecular complexity index is 1460. The highest BCUT2D eigenvalue weighted by atomic mass is 16.2. The molecule has 1 amide bonds. The average Bonchev–Trinajstić information content (AvgIpc) is 3.30. The standard InChI is InChI=1S/C31H32N4O/c1-20-2-11-29-28(16-20)33-30(35(29)19-21-13-15-34(18-21)31(36)24-7-8-24)23-5-3-22(4-6-23)25-9-10-27-26(17-25)12-14-32-27/h2-6,9-11,16-17,21,24,32H,7-8,12-15,18-19H2,1H3/t21-/m1/s1. The Kier molecular flexibility index (Phi) is 5.12. The van der Waals surface area contributed by atoms with Crippen LogP contribution in [0.15, 0.2) is 60.7 Å². The van der Waals surface area contributed by atoms with E-state index in [9.17, 15) is 4.79 Å². The van der Waals surface area contributed by atoms with E-state index >= 15 is 0 Å². The summed E-state index contributed by atoms with van der Waals surface area (Å²) in [6, 6.07) is 22.2. The molecule has 5 heteroatoms. The van der Waals surface area contributed by atoms with Crippen LogP contribution < -0.4 is 5.32 Å². The SMILES string of the molecule is Cc1ccc2c(c1)nc(-c1ccc(-c3ccc4c(c3)CCN4)cc1)n2C[C@@H]1CCN(C(=O)C2CC2)C1. The summed E-state index contributed by atoms with van der Waals surface area (Å²) in [6.07, 6.45) is 4.31. The number of nitrogens with one attached hydrogen (secondary N) is 1. The third-order valence-electron chi connectivity index (χ3n) is 8.16. The molecule has 1 aliphatic carbocycles. The number of rotatable bonds is 5. The van der Waals surface area contributed by atoms with Crippen LogP contribution in [-0.4, -0.2) is 40.0 Å². The molecule has 2 fully saturated rings. The maximum absolute atomic E-state index is 12.6. The third kappa shape index (κ3) is 3.87. The molecule has 0 unspecified atom stereocenters. The first kappa shape index (κ1) is 21.7. The van der Waals surface area contributed by atoms with Gasteiger partial charge < -0.3 is 14.8 Å². The van der Waals surface area contributed by atoms with Gasteiger partial charge in [-0.25, -0.2) is 4.98 Å². The maximum Gasteiger partial charge on any atom is 0.225 e. The molecule has 1 saturated heterocycles. The van der Waals surface area contributed by atoms with Crippen molar-refractivity contribution in [2.45, 2.75) is 39.2 Å². The molecule has 4 aromatic rings. The number of aryl methyl sites for hydroxylation is 1. The molecule has 1 aromatic heterocycles. The maximum atomic E-state index is 12.6. The fourth-order valence-electron chi connectivity index (χ4n) is 5.97. The number of benzene rings is 3. The fraction of sp³-hybridized carbons (Fsp3) is 0.355. The number of anilines is 1. The molecular weight excluding hydrogens is 444 g/mol. The van der Waals surface area contributed by atoms with Gasteiger partial charge in [-0.15, -0.1) is 0 Å². The van der Waals surface area contributed by atoms with Crippen molar-refractivity contribution in [2.24, 2.45) is 11.8 Å². The highest BCUT2D eigenvalue weighted by molar-refractivity contribution is 5.82. The number of amides is 1. The first-order valence-corrected chi connectivity index (χ1v) is 13.4. The summed E-state index contributed by atoms with van der Waals surface area (Å²) in [5, 5.41) is 3.45. The number of carbonyl (C=O) groups excluding carboxylic acids is 1. The van der Waals surface area contributed by atoms with E-state index in [4.69, 9.17) is 4.98 Å². The van der Waals surface area contributed by atoms with Crippen LogP contribution in [0.25, 0.3) is 33.5 Å². The summed E-state index contributed by atoms with van der Waals surface area (Å²) in [5.41, 5.74) is 9.75. The third-order valence-corrected chi connectivity index (χ3v) is 8.16. The molecule has 3 aromatic carbocycles. The quantitative estimate of drug-likeness (QED) is 0.390. The average molecular weight is 477 g/mol. The largest absolute Gasteiger partial charge is 0.384 e. The predicted octanol–water partition coefficient (Wildman–Crippen LogP) is 5.91. The number of nitrogens with zero attached hydrogens (tertiary/aromatic N) is 3. The molecular formula is C31H32N4O. The number of carbonyl (C=O) groups is 1. The molecule has 7 rings (SSSR count). The highest BCUT2D eigenvalue weighted by Crippen LogP contribution is 2.35. The van der Waals surface area contributed by atoms with Gasteiger partial charge >= 0.3 is 0 Å². The van der Waals surface area contributed by atoms with Crippen molar-refractivity contribution in [3.05, 3.63) is 71.8 Å². The number of fused-ring (bicyclic) bond motifs is 2. The smallest absolute Gasteiger partial charge is 0.225 e. The van der Waals surface area contributed by atoms with E-state index in [1.165, 1.54) is 33.5 Å². The van der Waals surface area contributed by atoms with E-state index in [-0.39, 0.29) is 0 Å². The minimum absolute atomic E-state index is 0.303. The zero-order valence-electron chi connectivity index (χ0n) is 20.8. The first-order valence-electron chi connectivity index (χ1n) is 13.4. The molecule has 0 spiro atoms. The Morgan fingerprint density at radius 3 is 2.61 bits per heavy atom. The molecule has 0 radical (unpaired) electrons. The van der Waals surface area contributed by atoms with Crippen LogP contribution in [-0.2, 0) is 17.8 Å². The van der Waals surface area contributed by atoms with Crippen LogP contribution in [0.4, 0.5) is 5.69 Å². The van der Waals surface area contributed by atoms with Crippen LogP contribution in [0.1, 0.15) is 30.4 Å². The van der Waals surface area contributed by atoms with Crippen molar-refractivity contribution in [1.29, 1.82) is 0 Å². The number of hydrogen-bond donors (Lipinski definition) is 1. The Morgan fingerprint density at radius 2 is 1.78 bits per heavy atom. The molecule has 2 aliphatic heterocycles.